The van der Waals surface area contributed by atoms with Gasteiger partial charge in [0, 0.05) is 18.1 Å². The summed E-state index contributed by atoms with van der Waals surface area (Å²) in [6.45, 7) is 0. The number of halogens is 6. The van der Waals surface area contributed by atoms with Gasteiger partial charge in [0.25, 0.3) is 5.91 Å². The molecule has 3 aromatic rings. The number of nitrogens with one attached hydrogen (secondary N) is 1. The molecule has 0 aliphatic heterocycles. The fourth-order valence-corrected chi connectivity index (χ4v) is 3.30. The summed E-state index contributed by atoms with van der Waals surface area (Å²) in [6, 6.07) is 4.99. The average molecular weight is 393 g/mol. The third-order valence-electron chi connectivity index (χ3n) is 3.45. The van der Waals surface area contributed by atoms with E-state index in [0.29, 0.717) is 0 Å². The number of amides is 1. The molecule has 0 saturated heterocycles. The number of alkyl halides is 6. The van der Waals surface area contributed by atoms with Crippen LogP contribution in [0.25, 0.3) is 10.2 Å². The Bertz CT molecular complexity index is 986. The summed E-state index contributed by atoms with van der Waals surface area (Å²) in [7, 11) is 1.31. The lowest BCUT2D eigenvalue weighted by molar-refractivity contribution is -0.140. The maximum absolute atomic E-state index is 13.0. The van der Waals surface area contributed by atoms with Gasteiger partial charge in [0.05, 0.1) is 10.4 Å². The number of rotatable bonds is 2. The average Bonchev–Trinajstić information content (AvgIpc) is 3.07. The molecule has 0 unspecified atom stereocenters. The minimum atomic E-state index is -4.69. The Balaban J connectivity index is 1.92. The van der Waals surface area contributed by atoms with E-state index in [1.807, 2.05) is 0 Å². The molecule has 1 amide bonds. The number of hydrogen-bond acceptors (Lipinski definition) is 3. The first-order chi connectivity index (χ1) is 12.0. The predicted molar refractivity (Wildman–Crippen MR) is 83.0 cm³/mol. The highest BCUT2D eigenvalue weighted by Gasteiger charge is 2.37. The van der Waals surface area contributed by atoms with E-state index in [1.54, 1.807) is 0 Å². The lowest BCUT2D eigenvalue weighted by atomic mass is 10.2. The lowest BCUT2D eigenvalue weighted by Crippen LogP contribution is -2.12. The highest BCUT2D eigenvalue weighted by atomic mass is 32.1. The molecular weight excluding hydrogens is 384 g/mol. The summed E-state index contributed by atoms with van der Waals surface area (Å²) >= 11 is 0.764. The van der Waals surface area contributed by atoms with Crippen LogP contribution in [0.2, 0.25) is 0 Å². The van der Waals surface area contributed by atoms with E-state index in [1.165, 1.54) is 13.1 Å². The van der Waals surface area contributed by atoms with Crippen LogP contribution in [0.1, 0.15) is 20.9 Å². The summed E-state index contributed by atoms with van der Waals surface area (Å²) in [5.74, 6) is -0.807. The summed E-state index contributed by atoms with van der Waals surface area (Å²) in [5, 5.41) is 5.41. The van der Waals surface area contributed by atoms with Crippen molar-refractivity contribution in [1.29, 1.82) is 0 Å². The summed E-state index contributed by atoms with van der Waals surface area (Å²) < 4.78 is 78.0. The molecule has 1 N–H and O–H groups in total. The normalized spacial score (nSPS) is 12.6. The van der Waals surface area contributed by atoms with E-state index in [9.17, 15) is 31.1 Å². The van der Waals surface area contributed by atoms with Crippen molar-refractivity contribution >= 4 is 33.1 Å². The van der Waals surface area contributed by atoms with Gasteiger partial charge in [0.2, 0.25) is 0 Å². The Morgan fingerprint density at radius 1 is 1.12 bits per heavy atom. The van der Waals surface area contributed by atoms with Crippen molar-refractivity contribution < 1.29 is 31.1 Å². The van der Waals surface area contributed by atoms with Gasteiger partial charge in [-0.05, 0) is 24.3 Å². The van der Waals surface area contributed by atoms with E-state index in [2.05, 4.69) is 10.4 Å². The quantitative estimate of drug-likeness (QED) is 0.628. The minimum absolute atomic E-state index is 0.0732. The van der Waals surface area contributed by atoms with E-state index in [4.69, 9.17) is 0 Å². The first-order valence-corrected chi connectivity index (χ1v) is 7.81. The van der Waals surface area contributed by atoms with E-state index >= 15 is 0 Å². The Morgan fingerprint density at radius 2 is 1.81 bits per heavy atom. The number of fused-ring (bicyclic) bond motifs is 1. The van der Waals surface area contributed by atoms with E-state index in [0.717, 1.165) is 40.3 Å². The number of aryl methyl sites for hydroxylation is 1. The van der Waals surface area contributed by atoms with Crippen molar-refractivity contribution in [1.82, 2.24) is 9.78 Å². The van der Waals surface area contributed by atoms with Gasteiger partial charge in [-0.15, -0.1) is 11.3 Å². The molecule has 0 saturated carbocycles. The predicted octanol–water partition coefficient (Wildman–Crippen LogP) is 4.92. The number of thiophene rings is 1. The number of nitrogens with zero attached hydrogens (tertiary/aromatic N) is 2. The van der Waals surface area contributed by atoms with Crippen molar-refractivity contribution in [2.24, 2.45) is 7.05 Å². The second-order valence-electron chi connectivity index (χ2n) is 5.33. The van der Waals surface area contributed by atoms with Gasteiger partial charge >= 0.3 is 12.4 Å². The third-order valence-corrected chi connectivity index (χ3v) is 4.65. The molecular formula is C15H9F6N3OS. The second kappa shape index (κ2) is 6.01. The fraction of sp³-hybridized carbons (Fsp3) is 0.200. The molecule has 4 nitrogen and oxygen atoms in total. The maximum Gasteiger partial charge on any atom is 0.435 e. The number of anilines is 1. The van der Waals surface area contributed by atoms with Crippen LogP contribution in [0, 0.1) is 0 Å². The molecule has 0 atom stereocenters. The Hall–Kier alpha value is -2.56. The van der Waals surface area contributed by atoms with E-state index in [-0.39, 0.29) is 20.8 Å². The molecule has 138 valence electrons. The largest absolute Gasteiger partial charge is 0.435 e. The summed E-state index contributed by atoms with van der Waals surface area (Å²) in [6.07, 6.45) is -9.26. The number of carbonyl (C=O) groups excluding carboxylic acids is 1. The standard InChI is InChI=1S/C15H9F6N3OS/c1-24-13-9(11(23-24)15(19,20)21)6-10(26-13)12(25)22-8-4-2-3-7(5-8)14(16,17)18/h2-6H,1H3,(H,22,25). The molecule has 0 spiro atoms. The molecule has 3 rings (SSSR count). The van der Waals surface area contributed by atoms with E-state index < -0.39 is 29.5 Å². The van der Waals surface area contributed by atoms with Crippen molar-refractivity contribution in [2.75, 3.05) is 5.32 Å². The van der Waals surface area contributed by atoms with Crippen LogP contribution in [0.4, 0.5) is 32.0 Å². The minimum Gasteiger partial charge on any atom is -0.321 e. The zero-order chi connectivity index (χ0) is 19.3. The maximum atomic E-state index is 13.0. The highest BCUT2D eigenvalue weighted by Crippen LogP contribution is 2.37. The zero-order valence-corrected chi connectivity index (χ0v) is 13.7. The molecule has 1 aromatic carbocycles. The Morgan fingerprint density at radius 3 is 2.42 bits per heavy atom. The molecule has 0 aliphatic carbocycles. The first kappa shape index (κ1) is 18.2. The smallest absolute Gasteiger partial charge is 0.321 e. The number of benzene rings is 1. The van der Waals surface area contributed by atoms with Crippen LogP contribution in [-0.4, -0.2) is 15.7 Å². The van der Waals surface area contributed by atoms with Crippen molar-refractivity contribution in [2.45, 2.75) is 12.4 Å². The van der Waals surface area contributed by atoms with Gasteiger partial charge in [-0.2, -0.15) is 31.4 Å². The molecule has 11 heteroatoms. The molecule has 0 aliphatic rings. The van der Waals surface area contributed by atoms with Gasteiger partial charge in [0.1, 0.15) is 4.83 Å². The third kappa shape index (κ3) is 3.39. The molecule has 2 aromatic heterocycles. The van der Waals surface area contributed by atoms with Gasteiger partial charge < -0.3 is 5.32 Å². The van der Waals surface area contributed by atoms with Gasteiger partial charge in [-0.25, -0.2) is 0 Å². The van der Waals surface area contributed by atoms with Gasteiger partial charge in [-0.3, -0.25) is 9.48 Å². The molecule has 2 heterocycles. The van der Waals surface area contributed by atoms with Crippen LogP contribution >= 0.6 is 11.3 Å². The fourth-order valence-electron chi connectivity index (χ4n) is 2.33. The molecule has 0 bridgehead atoms. The summed E-state index contributed by atoms with van der Waals surface area (Å²) in [4.78, 5) is 12.3. The zero-order valence-electron chi connectivity index (χ0n) is 12.9. The van der Waals surface area contributed by atoms with Crippen molar-refractivity contribution in [3.05, 3.63) is 46.5 Å². The number of carbonyl (C=O) groups is 1. The topological polar surface area (TPSA) is 46.9 Å². The SMILES string of the molecule is Cn1nc(C(F)(F)F)c2cc(C(=O)Nc3cccc(C(F)(F)F)c3)sc21. The van der Waals surface area contributed by atoms with Crippen molar-refractivity contribution in [3.63, 3.8) is 0 Å². The number of hydrogen-bond donors (Lipinski definition) is 1. The molecule has 26 heavy (non-hydrogen) atoms. The highest BCUT2D eigenvalue weighted by molar-refractivity contribution is 7.20. The van der Waals surface area contributed by atoms with Crippen LogP contribution in [0.3, 0.4) is 0 Å². The van der Waals surface area contributed by atoms with Crippen LogP contribution < -0.4 is 5.32 Å². The second-order valence-corrected chi connectivity index (χ2v) is 6.36. The molecule has 0 radical (unpaired) electrons. The van der Waals surface area contributed by atoms with Crippen LogP contribution in [0.5, 0.6) is 0 Å². The monoisotopic (exact) mass is 393 g/mol. The van der Waals surface area contributed by atoms with Crippen LogP contribution in [0.15, 0.2) is 30.3 Å². The van der Waals surface area contributed by atoms with Gasteiger partial charge in [-0.1, -0.05) is 6.07 Å². The lowest BCUT2D eigenvalue weighted by Gasteiger charge is -2.09. The molecule has 0 fully saturated rings. The number of aromatic nitrogens is 2. The summed E-state index contributed by atoms with van der Waals surface area (Å²) in [5.41, 5.74) is -2.18. The van der Waals surface area contributed by atoms with Crippen molar-refractivity contribution in [3.8, 4) is 0 Å². The first-order valence-electron chi connectivity index (χ1n) is 6.99. The Kier molecular flexibility index (Phi) is 4.21. The Labute approximate surface area is 146 Å². The van der Waals surface area contributed by atoms with Gasteiger partial charge in [0.15, 0.2) is 5.69 Å². The van der Waals surface area contributed by atoms with Crippen LogP contribution in [-0.2, 0) is 19.4 Å².